The minimum absolute atomic E-state index is 0.334. The zero-order valence-corrected chi connectivity index (χ0v) is 48.9. The van der Waals surface area contributed by atoms with Gasteiger partial charge in [0.15, 0.2) is 0 Å². The number of nitrogens with one attached hydrogen (secondary N) is 4. The Morgan fingerprint density at radius 2 is 0.716 bits per heavy atom. The number of anilines is 6. The second-order valence-electron chi connectivity index (χ2n) is 18.0. The molecule has 0 spiro atoms. The van der Waals surface area contributed by atoms with Gasteiger partial charge in [-0.15, -0.1) is 0 Å². The number of halogens is 5. The van der Waals surface area contributed by atoms with Gasteiger partial charge in [0.25, 0.3) is 11.8 Å². The predicted octanol–water partition coefficient (Wildman–Crippen LogP) is 19.7. The summed E-state index contributed by atoms with van der Waals surface area (Å²) in [5.74, 6) is 1.10. The van der Waals surface area contributed by atoms with Crippen molar-refractivity contribution in [3.05, 3.63) is 275 Å². The van der Waals surface area contributed by atoms with Gasteiger partial charge < -0.3 is 21.3 Å². The summed E-state index contributed by atoms with van der Waals surface area (Å²) in [6.07, 6.45) is 0. The number of benzene rings is 10. The van der Waals surface area contributed by atoms with Gasteiger partial charge in [-0.25, -0.2) is 9.97 Å². The molecule has 0 unspecified atom stereocenters. The van der Waals surface area contributed by atoms with E-state index in [4.69, 9.17) is 9.97 Å². The number of hydrogen-bond donors (Lipinski definition) is 4. The number of carbonyl (C=O) groups is 2. The van der Waals surface area contributed by atoms with Crippen LogP contribution in [0.3, 0.4) is 0 Å². The number of aromatic nitrogens is 4. The third-order valence-electron chi connectivity index (χ3n) is 12.4. The van der Waals surface area contributed by atoms with Crippen LogP contribution in [0, 0.1) is 0 Å². The fraction of sp³-hybridized carbons (Fsp3) is 0. The van der Waals surface area contributed by atoms with Crippen LogP contribution in [0.15, 0.2) is 264 Å². The summed E-state index contributed by atoms with van der Waals surface area (Å²) < 4.78 is 15.5. The molecule has 0 bridgehead atoms. The van der Waals surface area contributed by atoms with E-state index in [1.165, 1.54) is 0 Å². The first kappa shape index (κ1) is 56.0. The topological polar surface area (TPSA) is 135 Å². The Labute approximate surface area is 498 Å². The maximum Gasteiger partial charge on any atom is 0.339 e. The van der Waals surface area contributed by atoms with Crippen molar-refractivity contribution < 1.29 is 14.2 Å². The van der Waals surface area contributed by atoms with E-state index in [1.807, 2.05) is 133 Å². The molecule has 12 aromatic rings. The van der Waals surface area contributed by atoms with E-state index in [0.29, 0.717) is 27.0 Å². The molecule has 400 valence electrons. The molecule has 17 heteroatoms. The van der Waals surface area contributed by atoms with Crippen molar-refractivity contribution in [2.24, 2.45) is 0 Å². The van der Waals surface area contributed by atoms with E-state index < -0.39 is 5.20 Å². The Hall–Kier alpha value is -8.26. The molecular formula is C64H46Br2Cl3N8O3P. The summed E-state index contributed by atoms with van der Waals surface area (Å²) in [4.78, 5) is 36.7. The number of para-hydroxylation sites is 12. The predicted molar refractivity (Wildman–Crippen MR) is 342 cm³/mol. The van der Waals surface area contributed by atoms with Crippen molar-refractivity contribution in [3.8, 4) is 34.2 Å². The van der Waals surface area contributed by atoms with Crippen molar-refractivity contribution in [2.75, 3.05) is 21.3 Å². The third kappa shape index (κ3) is 14.4. The monoisotopic (exact) mass is 1270 g/mol. The number of fused-ring (bicyclic) bond motifs is 2. The zero-order chi connectivity index (χ0) is 56.3. The zero-order valence-electron chi connectivity index (χ0n) is 42.6. The average molecular weight is 1270 g/mol. The SMILES string of the molecule is Brc1cc(-c2nc3ccccc3n2-c2ccccc2)cc(-c2nc3ccccc3n2-c2ccccc2)c1.O=C(Nc1ccccc1Nc1ccccc1)c1cc(Br)cc(C(=O)Nc2ccccc2Nc2ccccc2)c1.O=P(Cl)(Cl)Cl. The molecule has 10 aromatic carbocycles. The van der Waals surface area contributed by atoms with Crippen LogP contribution in [0.5, 0.6) is 0 Å². The second kappa shape index (κ2) is 25.9. The lowest BCUT2D eigenvalue weighted by atomic mass is 10.1. The van der Waals surface area contributed by atoms with E-state index >= 15 is 0 Å². The summed E-state index contributed by atoms with van der Waals surface area (Å²) in [6, 6.07) is 83.1. The van der Waals surface area contributed by atoms with Crippen molar-refractivity contribution in [1.29, 1.82) is 0 Å². The van der Waals surface area contributed by atoms with Crippen LogP contribution in [-0.2, 0) is 4.57 Å². The number of nitrogens with zero attached hydrogens (tertiary/aromatic N) is 4. The molecule has 0 aliphatic rings. The van der Waals surface area contributed by atoms with Gasteiger partial charge in [-0.3, -0.25) is 23.3 Å². The average Bonchev–Trinajstić information content (AvgIpc) is 4.31. The highest BCUT2D eigenvalue weighted by Crippen LogP contribution is 2.61. The van der Waals surface area contributed by atoms with Crippen molar-refractivity contribution >= 4 is 139 Å². The van der Waals surface area contributed by atoms with Crippen molar-refractivity contribution in [1.82, 2.24) is 19.1 Å². The molecule has 2 amide bonds. The van der Waals surface area contributed by atoms with E-state index in [1.54, 1.807) is 18.2 Å². The molecule has 0 fully saturated rings. The molecule has 0 saturated heterocycles. The highest BCUT2D eigenvalue weighted by atomic mass is 79.9. The molecule has 2 heterocycles. The molecule has 12 rings (SSSR count). The molecule has 0 radical (unpaired) electrons. The van der Waals surface area contributed by atoms with Gasteiger partial charge in [0.05, 0.1) is 44.8 Å². The maximum atomic E-state index is 13.3. The van der Waals surface area contributed by atoms with Crippen LogP contribution >= 0.6 is 70.8 Å². The first-order valence-electron chi connectivity index (χ1n) is 25.1. The fourth-order valence-electron chi connectivity index (χ4n) is 8.96. The van der Waals surface area contributed by atoms with Crippen LogP contribution in [0.4, 0.5) is 34.1 Å². The molecule has 2 aromatic heterocycles. The molecule has 81 heavy (non-hydrogen) atoms. The lowest BCUT2D eigenvalue weighted by molar-refractivity contribution is 0.102. The first-order chi connectivity index (χ1) is 39.3. The molecule has 0 atom stereocenters. The Morgan fingerprint density at radius 1 is 0.395 bits per heavy atom. The summed E-state index contributed by atoms with van der Waals surface area (Å²) in [6.45, 7) is 0. The largest absolute Gasteiger partial charge is 0.354 e. The number of carbonyl (C=O) groups excluding carboxylic acids is 2. The van der Waals surface area contributed by atoms with E-state index in [2.05, 4.69) is 199 Å². The fourth-order valence-corrected chi connectivity index (χ4v) is 9.95. The Balaban J connectivity index is 0.000000168. The van der Waals surface area contributed by atoms with E-state index in [0.717, 1.165) is 83.4 Å². The minimum atomic E-state index is -3.22. The molecule has 4 N–H and O–H groups in total. The summed E-state index contributed by atoms with van der Waals surface area (Å²) in [7, 11) is 0. The number of rotatable bonds is 12. The van der Waals surface area contributed by atoms with Gasteiger partial charge >= 0.3 is 5.20 Å². The Kier molecular flexibility index (Phi) is 17.9. The molecule has 11 nitrogen and oxygen atoms in total. The molecule has 0 aliphatic carbocycles. The number of imidazole rings is 2. The van der Waals surface area contributed by atoms with Crippen LogP contribution in [0.1, 0.15) is 20.7 Å². The summed E-state index contributed by atoms with van der Waals surface area (Å²) in [5, 5.41) is 9.36. The van der Waals surface area contributed by atoms with E-state index in [-0.39, 0.29) is 11.8 Å². The standard InChI is InChI=1S/C32H25BrN4O2.C32H21BrN4.Cl3OP/c33-24-20-22(31(38)36-29-17-9-7-15-27(29)34-25-11-3-1-4-12-25)19-23(21-24)32(39)37-30-18-10-8-16-28(30)35-26-13-5-2-6-14-26;33-24-20-22(31-34-27-15-7-9-17-29(27)36(31)25-11-3-1-4-12-25)19-23(21-24)32-35-28-16-8-10-18-30(28)37(32)26-13-5-2-6-14-26;1-5(2,3)4/h1-21,34-35H,(H,36,38)(H,37,39);1-21H;. The third-order valence-corrected chi connectivity index (χ3v) is 13.4. The van der Waals surface area contributed by atoms with Crippen LogP contribution < -0.4 is 21.3 Å². The van der Waals surface area contributed by atoms with Crippen LogP contribution in [0.2, 0.25) is 0 Å². The van der Waals surface area contributed by atoms with Gasteiger partial charge in [0, 0.05) is 53.9 Å². The van der Waals surface area contributed by atoms with Crippen molar-refractivity contribution in [2.45, 2.75) is 0 Å². The second-order valence-corrected chi connectivity index (χ2v) is 26.5. The maximum absolute atomic E-state index is 13.3. The highest BCUT2D eigenvalue weighted by Gasteiger charge is 2.20. The summed E-state index contributed by atoms with van der Waals surface area (Å²) >= 11 is 21.1. The Bertz CT molecular complexity index is 3970. The van der Waals surface area contributed by atoms with Gasteiger partial charge in [-0.05, 0) is 167 Å². The van der Waals surface area contributed by atoms with Gasteiger partial charge in [-0.2, -0.15) is 0 Å². The highest BCUT2D eigenvalue weighted by molar-refractivity contribution is 9.10. The van der Waals surface area contributed by atoms with Gasteiger partial charge in [0.2, 0.25) is 0 Å². The lowest BCUT2D eigenvalue weighted by Crippen LogP contribution is -2.17. The molecule has 0 saturated carbocycles. The normalized spacial score (nSPS) is 10.9. The van der Waals surface area contributed by atoms with Crippen LogP contribution in [0.25, 0.3) is 56.2 Å². The number of amides is 2. The number of hydrogen-bond acceptors (Lipinski definition) is 7. The van der Waals surface area contributed by atoms with Gasteiger partial charge in [-0.1, -0.05) is 153 Å². The molecule has 0 aliphatic heterocycles. The first-order valence-corrected chi connectivity index (χ1v) is 31.1. The molecular weight excluding hydrogens is 1230 g/mol. The van der Waals surface area contributed by atoms with Crippen molar-refractivity contribution in [3.63, 3.8) is 0 Å². The van der Waals surface area contributed by atoms with Gasteiger partial charge in [0.1, 0.15) is 11.6 Å². The van der Waals surface area contributed by atoms with E-state index in [9.17, 15) is 14.2 Å². The quantitative estimate of drug-likeness (QED) is 0.0895. The smallest absolute Gasteiger partial charge is 0.339 e. The summed E-state index contributed by atoms with van der Waals surface area (Å²) in [5.41, 5.74) is 13.5. The lowest BCUT2D eigenvalue weighted by Gasteiger charge is -2.15. The van der Waals surface area contributed by atoms with Crippen LogP contribution in [-0.4, -0.2) is 30.9 Å². The Morgan fingerprint density at radius 3 is 1.11 bits per heavy atom. The minimum Gasteiger partial charge on any atom is -0.354 e.